The van der Waals surface area contributed by atoms with E-state index < -0.39 is 10.0 Å². The zero-order valence-electron chi connectivity index (χ0n) is 18.4. The van der Waals surface area contributed by atoms with Crippen LogP contribution in [0.15, 0.2) is 77.7 Å². The van der Waals surface area contributed by atoms with Crippen molar-refractivity contribution in [1.29, 1.82) is 5.26 Å². The average Bonchev–Trinajstić information content (AvgIpc) is 2.83. The van der Waals surface area contributed by atoms with Crippen molar-refractivity contribution in [2.45, 2.75) is 43.5 Å². The Morgan fingerprint density at radius 2 is 1.79 bits per heavy atom. The first-order valence-corrected chi connectivity index (χ1v) is 12.4. The summed E-state index contributed by atoms with van der Waals surface area (Å²) in [7, 11) is -3.79. The second-order valence-electron chi connectivity index (χ2n) is 8.19. The Morgan fingerprint density at radius 1 is 1.06 bits per heavy atom. The Hall–Kier alpha value is -3.63. The number of carbonyl (C=O) groups excluding carboxylic acids is 1. The van der Waals surface area contributed by atoms with Crippen LogP contribution < -0.4 is 9.62 Å². The first kappa shape index (κ1) is 22.6. The first-order valence-electron chi connectivity index (χ1n) is 10.9. The molecule has 0 saturated carbocycles. The Labute approximate surface area is 194 Å². The maximum atomic E-state index is 13.4. The van der Waals surface area contributed by atoms with Crippen LogP contribution in [0.1, 0.15) is 36.5 Å². The van der Waals surface area contributed by atoms with Gasteiger partial charge in [0.05, 0.1) is 27.9 Å². The number of anilines is 2. The number of sulfonamides is 1. The molecule has 1 unspecified atom stereocenters. The van der Waals surface area contributed by atoms with Crippen LogP contribution in [0.4, 0.5) is 11.4 Å². The van der Waals surface area contributed by atoms with Crippen LogP contribution in [0.2, 0.25) is 0 Å². The van der Waals surface area contributed by atoms with Gasteiger partial charge in [0.25, 0.3) is 10.0 Å². The van der Waals surface area contributed by atoms with Gasteiger partial charge in [0.15, 0.2) is 0 Å². The summed E-state index contributed by atoms with van der Waals surface area (Å²) in [6, 6.07) is 22.9. The molecule has 0 radical (unpaired) electrons. The van der Waals surface area contributed by atoms with Crippen LogP contribution in [-0.2, 0) is 27.7 Å². The molecule has 7 heteroatoms. The molecule has 1 heterocycles. The maximum absolute atomic E-state index is 13.4. The van der Waals surface area contributed by atoms with Gasteiger partial charge in [-0.25, -0.2) is 8.42 Å². The van der Waals surface area contributed by atoms with Crippen molar-refractivity contribution in [2.75, 3.05) is 9.62 Å². The summed E-state index contributed by atoms with van der Waals surface area (Å²) in [5.41, 5.74) is 3.56. The van der Waals surface area contributed by atoms with E-state index in [0.717, 1.165) is 24.0 Å². The molecular formula is C26H25N3O3S. The Kier molecular flexibility index (Phi) is 6.47. The second-order valence-corrected chi connectivity index (χ2v) is 9.87. The lowest BCUT2D eigenvalue weighted by molar-refractivity contribution is -0.119. The lowest BCUT2D eigenvalue weighted by atomic mass is 9.95. The third kappa shape index (κ3) is 4.91. The molecule has 1 N–H and O–H groups in total. The van der Waals surface area contributed by atoms with Gasteiger partial charge in [0.1, 0.15) is 0 Å². The number of hydrogen-bond donors (Lipinski definition) is 1. The largest absolute Gasteiger partial charge is 0.307 e. The molecule has 0 spiro atoms. The zero-order chi connectivity index (χ0) is 23.4. The summed E-state index contributed by atoms with van der Waals surface area (Å²) >= 11 is 0. The first-order chi connectivity index (χ1) is 15.9. The summed E-state index contributed by atoms with van der Waals surface area (Å²) in [5, 5.41) is 8.96. The van der Waals surface area contributed by atoms with Crippen LogP contribution in [0.25, 0.3) is 0 Å². The fourth-order valence-electron chi connectivity index (χ4n) is 4.17. The van der Waals surface area contributed by atoms with E-state index in [1.54, 1.807) is 53.4 Å². The summed E-state index contributed by atoms with van der Waals surface area (Å²) in [6.07, 6.45) is 2.41. The number of amides is 1. The van der Waals surface area contributed by atoms with Gasteiger partial charge in [-0.05, 0) is 67.6 Å². The molecule has 0 aromatic heterocycles. The molecule has 168 valence electrons. The molecule has 1 aliphatic rings. The minimum absolute atomic E-state index is 0.0478. The standard InChI is InChI=1S/C26H25N3O3S/c1-19-10-16-22-6-5-9-24(28-33(31,32)23-7-3-2-4-8-23)26(22)29(19)25(30)17-15-20-11-13-21(18-27)14-12-20/h2-9,11-14,19,28H,10,15-17H2,1H3. The van der Waals surface area contributed by atoms with E-state index in [4.69, 9.17) is 5.26 Å². The SMILES string of the molecule is CC1CCc2cccc(NS(=O)(=O)c3ccccc3)c2N1C(=O)CCc1ccc(C#N)cc1. The molecule has 3 aromatic carbocycles. The molecule has 4 rings (SSSR count). The van der Waals surface area contributed by atoms with Gasteiger partial charge < -0.3 is 4.90 Å². The Balaban J connectivity index is 1.61. The lowest BCUT2D eigenvalue weighted by Crippen LogP contribution is -2.42. The predicted octanol–water partition coefficient (Wildman–Crippen LogP) is 4.66. The summed E-state index contributed by atoms with van der Waals surface area (Å²) in [5.74, 6) is -0.0563. The Bertz CT molecular complexity index is 1300. The van der Waals surface area contributed by atoms with E-state index in [1.165, 1.54) is 0 Å². The number of carbonyl (C=O) groups is 1. The van der Waals surface area contributed by atoms with Gasteiger partial charge in [0, 0.05) is 12.5 Å². The third-order valence-corrected chi connectivity index (χ3v) is 7.29. The van der Waals surface area contributed by atoms with Gasteiger partial charge in [-0.3, -0.25) is 9.52 Å². The molecule has 0 aliphatic carbocycles. The number of nitrogens with one attached hydrogen (secondary N) is 1. The van der Waals surface area contributed by atoms with Crippen molar-refractivity contribution in [1.82, 2.24) is 0 Å². The fraction of sp³-hybridized carbons (Fsp3) is 0.231. The number of rotatable bonds is 6. The highest BCUT2D eigenvalue weighted by atomic mass is 32.2. The quantitative estimate of drug-likeness (QED) is 0.580. The number of hydrogen-bond acceptors (Lipinski definition) is 4. The molecular weight excluding hydrogens is 434 g/mol. The highest BCUT2D eigenvalue weighted by Crippen LogP contribution is 2.38. The van der Waals surface area contributed by atoms with Crippen molar-refractivity contribution < 1.29 is 13.2 Å². The van der Waals surface area contributed by atoms with Crippen LogP contribution in [-0.4, -0.2) is 20.4 Å². The van der Waals surface area contributed by atoms with Crippen molar-refractivity contribution >= 4 is 27.3 Å². The Morgan fingerprint density at radius 3 is 2.48 bits per heavy atom. The average molecular weight is 460 g/mol. The number of fused-ring (bicyclic) bond motifs is 1. The number of nitrogens with zero attached hydrogens (tertiary/aromatic N) is 2. The molecule has 0 saturated heterocycles. The molecule has 0 fully saturated rings. The van der Waals surface area contributed by atoms with E-state index in [9.17, 15) is 13.2 Å². The third-order valence-electron chi connectivity index (χ3n) is 5.91. The molecule has 1 atom stereocenters. The van der Waals surface area contributed by atoms with Crippen molar-refractivity contribution in [3.05, 3.63) is 89.5 Å². The van der Waals surface area contributed by atoms with Crippen molar-refractivity contribution in [2.24, 2.45) is 0 Å². The summed E-state index contributed by atoms with van der Waals surface area (Å²) < 4.78 is 28.6. The fourth-order valence-corrected chi connectivity index (χ4v) is 5.25. The minimum atomic E-state index is -3.79. The molecule has 1 aliphatic heterocycles. The molecule has 0 bridgehead atoms. The highest BCUT2D eigenvalue weighted by Gasteiger charge is 2.31. The lowest BCUT2D eigenvalue weighted by Gasteiger charge is -2.37. The zero-order valence-corrected chi connectivity index (χ0v) is 19.2. The van der Waals surface area contributed by atoms with Gasteiger partial charge in [-0.2, -0.15) is 5.26 Å². The topological polar surface area (TPSA) is 90.3 Å². The van der Waals surface area contributed by atoms with E-state index in [-0.39, 0.29) is 23.3 Å². The van der Waals surface area contributed by atoms with Crippen LogP contribution >= 0.6 is 0 Å². The van der Waals surface area contributed by atoms with Crippen LogP contribution in [0.5, 0.6) is 0 Å². The van der Waals surface area contributed by atoms with Gasteiger partial charge in [-0.1, -0.05) is 42.5 Å². The molecule has 33 heavy (non-hydrogen) atoms. The number of nitriles is 1. The van der Waals surface area contributed by atoms with E-state index in [1.807, 2.05) is 31.2 Å². The van der Waals surface area contributed by atoms with Gasteiger partial charge in [-0.15, -0.1) is 0 Å². The number of aryl methyl sites for hydroxylation is 2. The predicted molar refractivity (Wildman–Crippen MR) is 128 cm³/mol. The maximum Gasteiger partial charge on any atom is 0.261 e. The second kappa shape index (κ2) is 9.47. The molecule has 6 nitrogen and oxygen atoms in total. The molecule has 3 aromatic rings. The smallest absolute Gasteiger partial charge is 0.261 e. The van der Waals surface area contributed by atoms with E-state index in [0.29, 0.717) is 23.4 Å². The van der Waals surface area contributed by atoms with E-state index >= 15 is 0 Å². The van der Waals surface area contributed by atoms with E-state index in [2.05, 4.69) is 10.8 Å². The normalized spacial score (nSPS) is 15.4. The summed E-state index contributed by atoms with van der Waals surface area (Å²) in [4.78, 5) is 15.3. The highest BCUT2D eigenvalue weighted by molar-refractivity contribution is 7.92. The number of para-hydroxylation sites is 1. The summed E-state index contributed by atoms with van der Waals surface area (Å²) in [6.45, 7) is 1.99. The van der Waals surface area contributed by atoms with Crippen LogP contribution in [0.3, 0.4) is 0 Å². The minimum Gasteiger partial charge on any atom is -0.307 e. The number of benzene rings is 3. The van der Waals surface area contributed by atoms with Gasteiger partial charge in [0.2, 0.25) is 5.91 Å². The van der Waals surface area contributed by atoms with Crippen LogP contribution in [0, 0.1) is 11.3 Å². The monoisotopic (exact) mass is 459 g/mol. The molecule has 1 amide bonds. The van der Waals surface area contributed by atoms with Gasteiger partial charge >= 0.3 is 0 Å². The van der Waals surface area contributed by atoms with Crippen molar-refractivity contribution in [3.63, 3.8) is 0 Å². The van der Waals surface area contributed by atoms with Crippen molar-refractivity contribution in [3.8, 4) is 6.07 Å².